The number of nitrogens with zero attached hydrogens (tertiary/aromatic N) is 4. The third kappa shape index (κ3) is 2.83. The van der Waals surface area contributed by atoms with E-state index in [4.69, 9.17) is 16.5 Å². The van der Waals surface area contributed by atoms with Gasteiger partial charge in [-0.3, -0.25) is 4.68 Å². The molecule has 1 saturated carbocycles. The molecular formula is C16H21N7S. The predicted molar refractivity (Wildman–Crippen MR) is 97.5 cm³/mol. The molecule has 0 spiro atoms. The van der Waals surface area contributed by atoms with Gasteiger partial charge in [-0.2, -0.15) is 10.1 Å². The fraction of sp³-hybridized carbons (Fsp3) is 0.438. The fourth-order valence-electron chi connectivity index (χ4n) is 3.35. The molecule has 7 nitrogen and oxygen atoms in total. The zero-order valence-electron chi connectivity index (χ0n) is 13.6. The Bertz CT molecular complexity index is 861. The van der Waals surface area contributed by atoms with Crippen LogP contribution in [0.1, 0.15) is 37.2 Å². The van der Waals surface area contributed by atoms with Crippen molar-refractivity contribution in [3.63, 3.8) is 0 Å². The zero-order chi connectivity index (χ0) is 16.7. The molecule has 4 rings (SSSR count). The molecule has 0 bridgehead atoms. The minimum Gasteiger partial charge on any atom is -0.382 e. The number of nitrogen functional groups attached to an aromatic ring is 1. The summed E-state index contributed by atoms with van der Waals surface area (Å²) in [6, 6.07) is 0.341. The molecule has 8 heteroatoms. The summed E-state index contributed by atoms with van der Waals surface area (Å²) in [4.78, 5) is 9.12. The maximum atomic E-state index is 6.16. The number of anilines is 3. The Morgan fingerprint density at radius 1 is 1.25 bits per heavy atom. The van der Waals surface area contributed by atoms with Crippen LogP contribution in [0.15, 0.2) is 17.8 Å². The number of thiophene rings is 1. The van der Waals surface area contributed by atoms with E-state index in [1.165, 1.54) is 5.56 Å². The highest BCUT2D eigenvalue weighted by molar-refractivity contribution is 7.18. The van der Waals surface area contributed by atoms with Crippen molar-refractivity contribution in [3.8, 4) is 0 Å². The molecule has 0 amide bonds. The summed E-state index contributed by atoms with van der Waals surface area (Å²) in [5.41, 5.74) is 15.3. The van der Waals surface area contributed by atoms with Crippen LogP contribution in [0, 0.1) is 0 Å². The first kappa shape index (κ1) is 15.3. The zero-order valence-corrected chi connectivity index (χ0v) is 14.4. The number of hydrogen-bond donors (Lipinski definition) is 3. The standard InChI is InChI=1S/C16H21N7S/c1-23-7-11(6-19-23)20-16-21-13-12(8-24-14(13)15(18)22-16)9-2-4-10(17)5-3-9/h6-10H,2-5,17H2,1H3,(H3,18,20,21,22). The van der Waals surface area contributed by atoms with Gasteiger partial charge in [0.15, 0.2) is 0 Å². The van der Waals surface area contributed by atoms with E-state index in [0.717, 1.165) is 41.6 Å². The molecule has 0 atom stereocenters. The summed E-state index contributed by atoms with van der Waals surface area (Å²) in [5, 5.41) is 9.51. The number of hydrogen-bond acceptors (Lipinski definition) is 7. The molecule has 1 aliphatic rings. The van der Waals surface area contributed by atoms with Crippen molar-refractivity contribution in [3.05, 3.63) is 23.3 Å². The van der Waals surface area contributed by atoms with Crippen LogP contribution in [0.3, 0.4) is 0 Å². The molecule has 24 heavy (non-hydrogen) atoms. The summed E-state index contributed by atoms with van der Waals surface area (Å²) >= 11 is 1.63. The SMILES string of the molecule is Cn1cc(Nc2nc(N)c3scc(C4CCC(N)CC4)c3n2)cn1. The summed E-state index contributed by atoms with van der Waals surface area (Å²) in [6.07, 6.45) is 7.99. The predicted octanol–water partition coefficient (Wildman–Crippen LogP) is 2.74. The molecule has 0 unspecified atom stereocenters. The van der Waals surface area contributed by atoms with Crippen molar-refractivity contribution in [1.29, 1.82) is 0 Å². The van der Waals surface area contributed by atoms with Crippen LogP contribution in [0.25, 0.3) is 10.2 Å². The topological polar surface area (TPSA) is 108 Å². The third-order valence-electron chi connectivity index (χ3n) is 4.64. The van der Waals surface area contributed by atoms with Gasteiger partial charge in [-0.05, 0) is 42.5 Å². The average molecular weight is 343 g/mol. The second kappa shape index (κ2) is 6.03. The lowest BCUT2D eigenvalue weighted by Gasteiger charge is -2.25. The average Bonchev–Trinajstić information content (AvgIpc) is 3.15. The summed E-state index contributed by atoms with van der Waals surface area (Å²) in [6.45, 7) is 0. The van der Waals surface area contributed by atoms with E-state index in [1.807, 2.05) is 13.2 Å². The Balaban J connectivity index is 1.69. The Morgan fingerprint density at radius 2 is 2.04 bits per heavy atom. The van der Waals surface area contributed by atoms with Crippen LogP contribution in [-0.2, 0) is 7.05 Å². The van der Waals surface area contributed by atoms with Crippen molar-refractivity contribution in [2.24, 2.45) is 12.8 Å². The maximum absolute atomic E-state index is 6.16. The van der Waals surface area contributed by atoms with Crippen molar-refractivity contribution in [2.45, 2.75) is 37.6 Å². The van der Waals surface area contributed by atoms with Crippen molar-refractivity contribution in [1.82, 2.24) is 19.7 Å². The summed E-state index contributed by atoms with van der Waals surface area (Å²) in [5.74, 6) is 1.55. The van der Waals surface area contributed by atoms with Gasteiger partial charge >= 0.3 is 0 Å². The molecule has 0 aliphatic heterocycles. The van der Waals surface area contributed by atoms with E-state index in [-0.39, 0.29) is 0 Å². The molecule has 126 valence electrons. The first-order chi connectivity index (χ1) is 11.6. The molecule has 1 fully saturated rings. The third-order valence-corrected chi connectivity index (χ3v) is 5.65. The fourth-order valence-corrected chi connectivity index (χ4v) is 4.34. The van der Waals surface area contributed by atoms with Crippen molar-refractivity contribution >= 4 is 39.0 Å². The first-order valence-electron chi connectivity index (χ1n) is 8.16. The minimum absolute atomic E-state index is 0.341. The lowest BCUT2D eigenvalue weighted by molar-refractivity contribution is 0.397. The molecule has 3 aromatic heterocycles. The van der Waals surface area contributed by atoms with Gasteiger partial charge in [-0.25, -0.2) is 4.98 Å². The number of aromatic nitrogens is 4. The summed E-state index contributed by atoms with van der Waals surface area (Å²) < 4.78 is 2.70. The highest BCUT2D eigenvalue weighted by Gasteiger charge is 2.24. The van der Waals surface area contributed by atoms with Gasteiger partial charge in [0.1, 0.15) is 5.82 Å². The Hall–Kier alpha value is -2.19. The molecule has 0 radical (unpaired) electrons. The second-order valence-electron chi connectivity index (χ2n) is 6.44. The molecule has 3 heterocycles. The van der Waals surface area contributed by atoms with Gasteiger partial charge in [0.05, 0.1) is 22.1 Å². The van der Waals surface area contributed by atoms with E-state index in [2.05, 4.69) is 20.8 Å². The molecule has 1 aliphatic carbocycles. The highest BCUT2D eigenvalue weighted by Crippen LogP contribution is 2.40. The summed E-state index contributed by atoms with van der Waals surface area (Å²) in [7, 11) is 1.87. The van der Waals surface area contributed by atoms with E-state index < -0.39 is 0 Å². The number of fused-ring (bicyclic) bond motifs is 1. The Kier molecular flexibility index (Phi) is 3.85. The van der Waals surface area contributed by atoms with Crippen LogP contribution in [0.4, 0.5) is 17.5 Å². The number of nitrogens with one attached hydrogen (secondary N) is 1. The normalized spacial score (nSPS) is 21.2. The maximum Gasteiger partial charge on any atom is 0.229 e. The molecule has 3 aromatic rings. The molecule has 0 saturated heterocycles. The lowest BCUT2D eigenvalue weighted by atomic mass is 9.83. The number of nitrogens with two attached hydrogens (primary N) is 2. The van der Waals surface area contributed by atoms with Crippen molar-refractivity contribution in [2.75, 3.05) is 11.1 Å². The van der Waals surface area contributed by atoms with Crippen LogP contribution in [0.5, 0.6) is 0 Å². The van der Waals surface area contributed by atoms with Crippen LogP contribution < -0.4 is 16.8 Å². The van der Waals surface area contributed by atoms with Crippen LogP contribution in [0.2, 0.25) is 0 Å². The quantitative estimate of drug-likeness (QED) is 0.675. The van der Waals surface area contributed by atoms with E-state index in [9.17, 15) is 0 Å². The van der Waals surface area contributed by atoms with Gasteiger partial charge in [0, 0.05) is 19.3 Å². The van der Waals surface area contributed by atoms with Crippen molar-refractivity contribution < 1.29 is 0 Å². The lowest BCUT2D eigenvalue weighted by Crippen LogP contribution is -2.25. The Labute approximate surface area is 144 Å². The Morgan fingerprint density at radius 3 is 2.75 bits per heavy atom. The highest BCUT2D eigenvalue weighted by atomic mass is 32.1. The van der Waals surface area contributed by atoms with E-state index >= 15 is 0 Å². The first-order valence-corrected chi connectivity index (χ1v) is 9.04. The number of rotatable bonds is 3. The van der Waals surface area contributed by atoms with Gasteiger partial charge in [-0.1, -0.05) is 0 Å². The second-order valence-corrected chi connectivity index (χ2v) is 7.32. The minimum atomic E-state index is 0.341. The van der Waals surface area contributed by atoms with Crippen LogP contribution in [-0.4, -0.2) is 25.8 Å². The monoisotopic (exact) mass is 343 g/mol. The van der Waals surface area contributed by atoms with E-state index in [1.54, 1.807) is 22.2 Å². The van der Waals surface area contributed by atoms with Gasteiger partial charge in [0.2, 0.25) is 5.95 Å². The van der Waals surface area contributed by atoms with Gasteiger partial charge < -0.3 is 16.8 Å². The number of aryl methyl sites for hydroxylation is 1. The molecule has 5 N–H and O–H groups in total. The van der Waals surface area contributed by atoms with Gasteiger partial charge in [-0.15, -0.1) is 11.3 Å². The molecule has 0 aromatic carbocycles. The van der Waals surface area contributed by atoms with Gasteiger partial charge in [0.25, 0.3) is 0 Å². The molecular weight excluding hydrogens is 322 g/mol. The largest absolute Gasteiger partial charge is 0.382 e. The van der Waals surface area contributed by atoms with Crippen LogP contribution >= 0.6 is 11.3 Å². The smallest absolute Gasteiger partial charge is 0.229 e. The van der Waals surface area contributed by atoms with E-state index in [0.29, 0.717) is 23.7 Å².